The molecule has 27 heavy (non-hydrogen) atoms. The van der Waals surface area contributed by atoms with Crippen molar-refractivity contribution in [3.63, 3.8) is 0 Å². The lowest BCUT2D eigenvalue weighted by Gasteiger charge is -2.08. The maximum atomic E-state index is 12.2. The van der Waals surface area contributed by atoms with E-state index >= 15 is 0 Å². The van der Waals surface area contributed by atoms with Gasteiger partial charge in [0.15, 0.2) is 0 Å². The quantitative estimate of drug-likeness (QED) is 0.407. The number of thioether (sulfide) groups is 1. The molecule has 3 aromatic rings. The third-order valence-corrected chi connectivity index (χ3v) is 4.76. The van der Waals surface area contributed by atoms with E-state index in [4.69, 9.17) is 0 Å². The van der Waals surface area contributed by atoms with Crippen molar-refractivity contribution >= 4 is 39.9 Å². The standard InChI is InChI=1S/C19H14N4O3S/c1-12-6-7-13-9-14(10-20)19(22-16(13)8-12)27-11-18(24)21-15-4-2-3-5-17(15)23(25)26/h2-9H,11H2,1H3,(H,21,24). The zero-order chi connectivity index (χ0) is 19.4. The lowest BCUT2D eigenvalue weighted by Crippen LogP contribution is -2.15. The number of carbonyl (C=O) groups is 1. The number of nitro groups is 1. The molecule has 0 fully saturated rings. The molecule has 7 nitrogen and oxygen atoms in total. The molecule has 0 bridgehead atoms. The molecule has 0 saturated carbocycles. The fourth-order valence-corrected chi connectivity index (χ4v) is 3.27. The first-order valence-electron chi connectivity index (χ1n) is 7.95. The van der Waals surface area contributed by atoms with Crippen molar-refractivity contribution in [1.29, 1.82) is 5.26 Å². The van der Waals surface area contributed by atoms with Gasteiger partial charge in [0.05, 0.1) is 21.8 Å². The number of fused-ring (bicyclic) bond motifs is 1. The first-order chi connectivity index (χ1) is 13.0. The summed E-state index contributed by atoms with van der Waals surface area (Å²) in [6, 6.07) is 15.5. The molecule has 0 radical (unpaired) electrons. The highest BCUT2D eigenvalue weighted by molar-refractivity contribution is 8.00. The zero-order valence-corrected chi connectivity index (χ0v) is 15.1. The second-order valence-corrected chi connectivity index (χ2v) is 6.72. The van der Waals surface area contributed by atoms with Gasteiger partial charge in [0.25, 0.3) is 5.69 Å². The molecule has 1 aromatic heterocycles. The van der Waals surface area contributed by atoms with E-state index in [2.05, 4.69) is 16.4 Å². The van der Waals surface area contributed by atoms with Gasteiger partial charge in [-0.2, -0.15) is 5.26 Å². The van der Waals surface area contributed by atoms with E-state index in [0.29, 0.717) is 10.6 Å². The predicted molar refractivity (Wildman–Crippen MR) is 104 cm³/mol. The van der Waals surface area contributed by atoms with Gasteiger partial charge in [-0.1, -0.05) is 36.0 Å². The van der Waals surface area contributed by atoms with Crippen LogP contribution in [-0.4, -0.2) is 21.6 Å². The monoisotopic (exact) mass is 378 g/mol. The maximum absolute atomic E-state index is 12.2. The van der Waals surface area contributed by atoms with E-state index in [1.165, 1.54) is 18.2 Å². The summed E-state index contributed by atoms with van der Waals surface area (Å²) in [5.74, 6) is -0.435. The fraction of sp³-hybridized carbons (Fsp3) is 0.105. The molecule has 0 aliphatic carbocycles. The number of nitro benzene ring substituents is 1. The molecule has 1 N–H and O–H groups in total. The van der Waals surface area contributed by atoms with Crippen LogP contribution in [0.5, 0.6) is 0 Å². The fourth-order valence-electron chi connectivity index (χ4n) is 2.51. The number of benzene rings is 2. The minimum atomic E-state index is -0.552. The Hall–Kier alpha value is -3.44. The Bertz CT molecular complexity index is 1090. The molecule has 134 valence electrons. The average Bonchev–Trinajstić information content (AvgIpc) is 2.65. The highest BCUT2D eigenvalue weighted by Crippen LogP contribution is 2.27. The van der Waals surface area contributed by atoms with Crippen LogP contribution in [0.2, 0.25) is 0 Å². The molecule has 0 aliphatic heterocycles. The Morgan fingerprint density at radius 3 is 2.81 bits per heavy atom. The van der Waals surface area contributed by atoms with Crippen LogP contribution < -0.4 is 5.32 Å². The number of anilines is 1. The maximum Gasteiger partial charge on any atom is 0.292 e. The Kier molecular flexibility index (Phi) is 5.33. The van der Waals surface area contributed by atoms with Gasteiger partial charge < -0.3 is 5.32 Å². The van der Waals surface area contributed by atoms with Crippen molar-refractivity contribution < 1.29 is 9.72 Å². The topological polar surface area (TPSA) is 109 Å². The normalized spacial score (nSPS) is 10.4. The molecule has 0 spiro atoms. The second kappa shape index (κ2) is 7.85. The van der Waals surface area contributed by atoms with E-state index in [1.54, 1.807) is 12.1 Å². The van der Waals surface area contributed by atoms with Crippen molar-refractivity contribution in [3.05, 3.63) is 69.8 Å². The lowest BCUT2D eigenvalue weighted by atomic mass is 10.1. The first-order valence-corrected chi connectivity index (χ1v) is 8.94. The average molecular weight is 378 g/mol. The van der Waals surface area contributed by atoms with Crippen LogP contribution in [0.3, 0.4) is 0 Å². The molecule has 0 aliphatic rings. The number of amides is 1. The zero-order valence-electron chi connectivity index (χ0n) is 14.3. The number of aryl methyl sites for hydroxylation is 1. The first kappa shape index (κ1) is 18.4. The molecule has 8 heteroatoms. The SMILES string of the molecule is Cc1ccc2cc(C#N)c(SCC(=O)Nc3ccccc3[N+](=O)[O-])nc2c1. The Morgan fingerprint density at radius 2 is 2.07 bits per heavy atom. The molecule has 1 amide bonds. The van der Waals surface area contributed by atoms with Crippen LogP contribution in [0, 0.1) is 28.4 Å². The summed E-state index contributed by atoms with van der Waals surface area (Å²) >= 11 is 1.12. The number of aromatic nitrogens is 1. The van der Waals surface area contributed by atoms with Gasteiger partial charge in [-0.25, -0.2) is 4.98 Å². The van der Waals surface area contributed by atoms with Crippen LogP contribution in [0.15, 0.2) is 53.6 Å². The second-order valence-electron chi connectivity index (χ2n) is 5.76. The number of rotatable bonds is 5. The van der Waals surface area contributed by atoms with Gasteiger partial charge in [0, 0.05) is 11.5 Å². The van der Waals surface area contributed by atoms with Gasteiger partial charge >= 0.3 is 0 Å². The number of pyridine rings is 1. The van der Waals surface area contributed by atoms with Crippen LogP contribution in [-0.2, 0) is 4.79 Å². The molecule has 0 unspecified atom stereocenters. The summed E-state index contributed by atoms with van der Waals surface area (Å²) in [5, 5.41) is 24.2. The van der Waals surface area contributed by atoms with E-state index in [-0.39, 0.29) is 17.1 Å². The number of nitrogens with zero attached hydrogens (tertiary/aromatic N) is 3. The van der Waals surface area contributed by atoms with Crippen LogP contribution in [0.4, 0.5) is 11.4 Å². The molecule has 3 rings (SSSR count). The van der Waals surface area contributed by atoms with E-state index in [9.17, 15) is 20.2 Å². The molecule has 1 heterocycles. The smallest absolute Gasteiger partial charge is 0.292 e. The van der Waals surface area contributed by atoms with Gasteiger partial charge in [-0.05, 0) is 30.7 Å². The minimum Gasteiger partial charge on any atom is -0.320 e. The number of nitriles is 1. The molecule has 2 aromatic carbocycles. The van der Waals surface area contributed by atoms with E-state index in [0.717, 1.165) is 28.2 Å². The van der Waals surface area contributed by atoms with Crippen molar-refractivity contribution in [1.82, 2.24) is 4.98 Å². The number of hydrogen-bond acceptors (Lipinski definition) is 6. The third kappa shape index (κ3) is 4.22. The summed E-state index contributed by atoms with van der Waals surface area (Å²) < 4.78 is 0. The van der Waals surface area contributed by atoms with Gasteiger partial charge in [0.1, 0.15) is 16.8 Å². The van der Waals surface area contributed by atoms with Crippen molar-refractivity contribution in [2.24, 2.45) is 0 Å². The Labute approximate surface area is 159 Å². The highest BCUT2D eigenvalue weighted by atomic mass is 32.2. The van der Waals surface area contributed by atoms with E-state index < -0.39 is 10.8 Å². The third-order valence-electron chi connectivity index (χ3n) is 3.77. The summed E-state index contributed by atoms with van der Waals surface area (Å²) in [7, 11) is 0. The Balaban J connectivity index is 1.77. The van der Waals surface area contributed by atoms with Gasteiger partial charge in [-0.3, -0.25) is 14.9 Å². The number of carbonyl (C=O) groups excluding carboxylic acids is 1. The predicted octanol–water partition coefficient (Wildman–Crippen LogP) is 4.05. The molecule has 0 atom stereocenters. The van der Waals surface area contributed by atoms with E-state index in [1.807, 2.05) is 25.1 Å². The molecule has 0 saturated heterocycles. The Morgan fingerprint density at radius 1 is 1.30 bits per heavy atom. The van der Waals surface area contributed by atoms with Crippen molar-refractivity contribution in [3.8, 4) is 6.07 Å². The highest BCUT2D eigenvalue weighted by Gasteiger charge is 2.16. The number of nitrogens with one attached hydrogen (secondary N) is 1. The summed E-state index contributed by atoms with van der Waals surface area (Å²) in [4.78, 5) is 27.2. The summed E-state index contributed by atoms with van der Waals surface area (Å²) in [6.45, 7) is 1.95. The lowest BCUT2D eigenvalue weighted by molar-refractivity contribution is -0.383. The van der Waals surface area contributed by atoms with Gasteiger partial charge in [-0.15, -0.1) is 0 Å². The number of hydrogen-bond donors (Lipinski definition) is 1. The summed E-state index contributed by atoms with van der Waals surface area (Å²) in [5.41, 5.74) is 2.14. The molecular formula is C19H14N4O3S. The van der Waals surface area contributed by atoms with Crippen molar-refractivity contribution in [2.75, 3.05) is 11.1 Å². The van der Waals surface area contributed by atoms with Crippen LogP contribution in [0.25, 0.3) is 10.9 Å². The van der Waals surface area contributed by atoms with Crippen LogP contribution in [0.1, 0.15) is 11.1 Å². The van der Waals surface area contributed by atoms with Crippen molar-refractivity contribution in [2.45, 2.75) is 11.9 Å². The summed E-state index contributed by atoms with van der Waals surface area (Å²) in [6.07, 6.45) is 0. The largest absolute Gasteiger partial charge is 0.320 e. The van der Waals surface area contributed by atoms with Gasteiger partial charge in [0.2, 0.25) is 5.91 Å². The number of para-hydroxylation sites is 2. The minimum absolute atomic E-state index is 0.0228. The van der Waals surface area contributed by atoms with Crippen LogP contribution >= 0.6 is 11.8 Å². The molecular weight excluding hydrogens is 364 g/mol.